The average Bonchev–Trinajstić information content (AvgIpc) is 3.90. The fourth-order valence-corrected chi connectivity index (χ4v) is 7.77. The third kappa shape index (κ3) is 6.80. The molecular formula is C43H39N3O6. The number of fused-ring (bicyclic) bond motifs is 3. The SMILES string of the molecule is O=C1[C@@H]2[C@@H](CC(COc3ccccc3)=C3[C@@H](CC/C(=C/c4ccc(CO)o4)c4ccccn4)OC[C@@H]32)C(=O)N1c1ccc(Nc2ccccc2)cc1. The second-order valence-corrected chi connectivity index (χ2v) is 13.4. The number of ether oxygens (including phenoxy) is 2. The van der Waals surface area contributed by atoms with Crippen LogP contribution >= 0.6 is 0 Å². The standard InChI is InChI=1S/C43H39N3O6/c47-25-35-20-19-34(52-35)23-28(38-13-7-8-22-44-38)14-21-39-40-29(26-50-33-11-5-2-6-12-33)24-36-41(37(40)27-51-39)43(49)46(42(36)48)32-17-15-31(16-18-32)45-30-9-3-1-4-10-30/h1-13,15-20,22-23,36-37,39,41,45,47H,14,21,24-27H2/b28-23-/t36-,37+,39-,41-/m1/s1. The molecule has 3 aliphatic rings. The van der Waals surface area contributed by atoms with Gasteiger partial charge < -0.3 is 24.3 Å². The lowest BCUT2D eigenvalue weighted by atomic mass is 9.69. The van der Waals surface area contributed by atoms with Gasteiger partial charge in [-0.15, -0.1) is 0 Å². The van der Waals surface area contributed by atoms with Gasteiger partial charge in [-0.1, -0.05) is 42.5 Å². The number of aromatic nitrogens is 1. The zero-order valence-electron chi connectivity index (χ0n) is 28.6. The van der Waals surface area contributed by atoms with Crippen LogP contribution in [-0.4, -0.2) is 41.2 Å². The monoisotopic (exact) mass is 693 g/mol. The van der Waals surface area contributed by atoms with Gasteiger partial charge in [-0.25, -0.2) is 0 Å². The molecule has 0 radical (unpaired) electrons. The second-order valence-electron chi connectivity index (χ2n) is 13.4. The van der Waals surface area contributed by atoms with Crippen LogP contribution in [0.15, 0.2) is 137 Å². The molecule has 2 aromatic heterocycles. The number of allylic oxidation sites excluding steroid dienone is 1. The van der Waals surface area contributed by atoms with E-state index in [1.807, 2.05) is 115 Å². The van der Waals surface area contributed by atoms with Crippen LogP contribution in [0.25, 0.3) is 11.6 Å². The van der Waals surface area contributed by atoms with Crippen molar-refractivity contribution in [3.63, 3.8) is 0 Å². The maximum atomic E-state index is 14.3. The summed E-state index contributed by atoms with van der Waals surface area (Å²) >= 11 is 0. The van der Waals surface area contributed by atoms with Gasteiger partial charge in [0.25, 0.3) is 0 Å². The van der Waals surface area contributed by atoms with Crippen LogP contribution in [0.3, 0.4) is 0 Å². The molecule has 4 heterocycles. The molecule has 3 aromatic carbocycles. The predicted octanol–water partition coefficient (Wildman–Crippen LogP) is 7.83. The third-order valence-electron chi connectivity index (χ3n) is 10.2. The zero-order valence-corrected chi connectivity index (χ0v) is 28.6. The van der Waals surface area contributed by atoms with Gasteiger partial charge in [-0.2, -0.15) is 0 Å². The first-order valence-electron chi connectivity index (χ1n) is 17.7. The van der Waals surface area contributed by atoms with Crippen LogP contribution in [0.4, 0.5) is 17.1 Å². The number of hydrogen-bond acceptors (Lipinski definition) is 8. The summed E-state index contributed by atoms with van der Waals surface area (Å²) in [4.78, 5) is 34.4. The maximum absolute atomic E-state index is 14.3. The Balaban J connectivity index is 1.06. The molecule has 8 rings (SSSR count). The number of para-hydroxylation sites is 2. The fourth-order valence-electron chi connectivity index (χ4n) is 7.77. The molecule has 52 heavy (non-hydrogen) atoms. The van der Waals surface area contributed by atoms with Gasteiger partial charge in [0, 0.05) is 23.5 Å². The van der Waals surface area contributed by atoms with Crippen molar-refractivity contribution in [3.8, 4) is 5.75 Å². The Bertz CT molecular complexity index is 2090. The first kappa shape index (κ1) is 33.4. The number of nitrogens with one attached hydrogen (secondary N) is 1. The van der Waals surface area contributed by atoms with E-state index in [1.54, 1.807) is 12.3 Å². The van der Waals surface area contributed by atoms with E-state index in [1.165, 1.54) is 4.90 Å². The van der Waals surface area contributed by atoms with E-state index in [-0.39, 0.29) is 30.4 Å². The molecule has 0 saturated carbocycles. The number of hydrogen-bond donors (Lipinski definition) is 2. The zero-order chi connectivity index (χ0) is 35.4. The van der Waals surface area contributed by atoms with Gasteiger partial charge in [-0.3, -0.25) is 19.5 Å². The molecule has 2 aliphatic heterocycles. The van der Waals surface area contributed by atoms with Gasteiger partial charge >= 0.3 is 0 Å². The molecule has 2 amide bonds. The number of nitrogens with zero attached hydrogens (tertiary/aromatic N) is 2. The topological polar surface area (TPSA) is 114 Å². The number of aliphatic hydroxyl groups excluding tert-OH is 1. The minimum atomic E-state index is -0.513. The quantitative estimate of drug-likeness (QED) is 0.100. The van der Waals surface area contributed by atoms with Crippen molar-refractivity contribution >= 4 is 40.5 Å². The molecule has 2 saturated heterocycles. The number of pyridine rings is 1. The number of furan rings is 1. The van der Waals surface area contributed by atoms with Crippen molar-refractivity contribution in [2.45, 2.75) is 32.0 Å². The van der Waals surface area contributed by atoms with E-state index in [2.05, 4.69) is 10.3 Å². The van der Waals surface area contributed by atoms with Crippen molar-refractivity contribution in [1.82, 2.24) is 4.98 Å². The molecule has 0 unspecified atom stereocenters. The Labute approximate surface area is 302 Å². The minimum Gasteiger partial charge on any atom is -0.489 e. The molecular weight excluding hydrogens is 654 g/mol. The van der Waals surface area contributed by atoms with Gasteiger partial charge in [0.05, 0.1) is 35.9 Å². The Kier molecular flexibility index (Phi) is 9.52. The van der Waals surface area contributed by atoms with E-state index in [0.29, 0.717) is 49.7 Å². The molecule has 9 heteroatoms. The predicted molar refractivity (Wildman–Crippen MR) is 198 cm³/mol. The van der Waals surface area contributed by atoms with Crippen molar-refractivity contribution in [3.05, 3.63) is 150 Å². The van der Waals surface area contributed by atoms with E-state index >= 15 is 0 Å². The molecule has 0 bridgehead atoms. The number of carbonyl (C=O) groups is 2. The van der Waals surface area contributed by atoms with Crippen molar-refractivity contribution in [2.24, 2.45) is 17.8 Å². The van der Waals surface area contributed by atoms with Gasteiger partial charge in [0.1, 0.15) is 30.5 Å². The lowest BCUT2D eigenvalue weighted by Gasteiger charge is -2.31. The number of benzene rings is 3. The normalized spacial score (nSPS) is 21.3. The van der Waals surface area contributed by atoms with Crippen LogP contribution < -0.4 is 15.0 Å². The Morgan fingerprint density at radius 2 is 1.62 bits per heavy atom. The lowest BCUT2D eigenvalue weighted by molar-refractivity contribution is -0.122. The molecule has 4 atom stereocenters. The first-order chi connectivity index (χ1) is 25.6. The van der Waals surface area contributed by atoms with E-state index < -0.39 is 11.8 Å². The summed E-state index contributed by atoms with van der Waals surface area (Å²) in [5, 5.41) is 12.9. The number of aliphatic hydroxyl groups is 1. The van der Waals surface area contributed by atoms with Crippen LogP contribution in [-0.2, 0) is 20.9 Å². The summed E-state index contributed by atoms with van der Waals surface area (Å²) in [6, 6.07) is 36.3. The Hall–Kier alpha value is -5.77. The largest absolute Gasteiger partial charge is 0.489 e. The lowest BCUT2D eigenvalue weighted by Crippen LogP contribution is -2.35. The van der Waals surface area contributed by atoms with E-state index in [0.717, 1.165) is 39.5 Å². The summed E-state index contributed by atoms with van der Waals surface area (Å²) < 4.78 is 18.6. The molecule has 2 N–H and O–H groups in total. The highest BCUT2D eigenvalue weighted by atomic mass is 16.5. The number of imide groups is 1. The minimum absolute atomic E-state index is 0.177. The smallest absolute Gasteiger partial charge is 0.238 e. The number of anilines is 3. The molecule has 0 spiro atoms. The number of rotatable bonds is 12. The number of carbonyl (C=O) groups excluding carboxylic acids is 2. The maximum Gasteiger partial charge on any atom is 0.238 e. The highest BCUT2D eigenvalue weighted by molar-refractivity contribution is 6.22. The summed E-state index contributed by atoms with van der Waals surface area (Å²) in [5.74, 6) is 0.252. The molecule has 2 fully saturated rings. The first-order valence-corrected chi connectivity index (χ1v) is 17.7. The average molecular weight is 694 g/mol. The van der Waals surface area contributed by atoms with Crippen LogP contribution in [0.5, 0.6) is 5.75 Å². The van der Waals surface area contributed by atoms with Gasteiger partial charge in [-0.05, 0) is 115 Å². The van der Waals surface area contributed by atoms with Crippen molar-refractivity contribution < 1.29 is 28.6 Å². The third-order valence-corrected chi connectivity index (χ3v) is 10.2. The molecule has 5 aromatic rings. The Morgan fingerprint density at radius 3 is 2.35 bits per heavy atom. The highest BCUT2D eigenvalue weighted by Crippen LogP contribution is 2.51. The molecule has 9 nitrogen and oxygen atoms in total. The second kappa shape index (κ2) is 14.8. The molecule has 262 valence electrons. The summed E-state index contributed by atoms with van der Waals surface area (Å²) in [7, 11) is 0. The highest BCUT2D eigenvalue weighted by Gasteiger charge is 2.57. The van der Waals surface area contributed by atoms with Crippen LogP contribution in [0.2, 0.25) is 0 Å². The van der Waals surface area contributed by atoms with Crippen LogP contribution in [0.1, 0.15) is 36.5 Å². The van der Waals surface area contributed by atoms with Gasteiger partial charge in [0.15, 0.2) is 0 Å². The summed E-state index contributed by atoms with van der Waals surface area (Å²) in [6.45, 7) is 0.479. The summed E-state index contributed by atoms with van der Waals surface area (Å²) in [6.07, 6.45) is 5.13. The van der Waals surface area contributed by atoms with E-state index in [4.69, 9.17) is 13.9 Å². The molecule has 1 aliphatic carbocycles. The fraction of sp³-hybridized carbons (Fsp3) is 0.233. The van der Waals surface area contributed by atoms with Gasteiger partial charge in [0.2, 0.25) is 11.8 Å². The summed E-state index contributed by atoms with van der Waals surface area (Å²) in [5.41, 5.74) is 6.26. The Morgan fingerprint density at radius 1 is 0.865 bits per heavy atom. The van der Waals surface area contributed by atoms with Crippen molar-refractivity contribution in [1.29, 1.82) is 0 Å². The van der Waals surface area contributed by atoms with Crippen molar-refractivity contribution in [2.75, 3.05) is 23.4 Å². The van der Waals surface area contributed by atoms with E-state index in [9.17, 15) is 14.7 Å². The number of amides is 2. The van der Waals surface area contributed by atoms with Crippen LogP contribution in [0, 0.1) is 17.8 Å².